The van der Waals surface area contributed by atoms with E-state index in [0.717, 1.165) is 154 Å². The Morgan fingerprint density at radius 1 is 0.430 bits per heavy atom. The number of unbranched alkanes of at least 4 members (excludes halogenated alkanes) is 22. The summed E-state index contributed by atoms with van der Waals surface area (Å²) in [6, 6.07) is 0. The fourth-order valence-electron chi connectivity index (χ4n) is 8.90. The topological polar surface area (TPSA) is 175 Å². The number of carboxylic acid groups (broad SMARTS) is 1. The maximum Gasteiger partial charge on any atom is 0.335 e. The highest BCUT2D eigenvalue weighted by atomic mass is 16.7. The van der Waals surface area contributed by atoms with Crippen LogP contribution in [-0.2, 0) is 42.9 Å². The molecule has 6 atom stereocenters. The van der Waals surface area contributed by atoms with Gasteiger partial charge in [-0.25, -0.2) is 4.79 Å². The van der Waals surface area contributed by atoms with Crippen LogP contribution in [0.15, 0.2) is 97.2 Å². The minimum atomic E-state index is -1.92. The van der Waals surface area contributed by atoms with Gasteiger partial charge in [-0.2, -0.15) is 0 Å². The zero-order chi connectivity index (χ0) is 57.5. The quantitative estimate of drug-likeness (QED) is 0.0228. The average Bonchev–Trinajstić information content (AvgIpc) is 3.46. The normalized spacial score (nSPS) is 18.5. The number of aliphatic hydroxyl groups is 2. The van der Waals surface area contributed by atoms with Crippen LogP contribution in [0.5, 0.6) is 0 Å². The van der Waals surface area contributed by atoms with Gasteiger partial charge in [-0.15, -0.1) is 0 Å². The van der Waals surface area contributed by atoms with E-state index < -0.39 is 67.3 Å². The van der Waals surface area contributed by atoms with Crippen molar-refractivity contribution in [3.8, 4) is 0 Å². The van der Waals surface area contributed by atoms with Gasteiger partial charge in [-0.1, -0.05) is 214 Å². The minimum absolute atomic E-state index is 0.0350. The summed E-state index contributed by atoms with van der Waals surface area (Å²) < 4.78 is 28.5. The van der Waals surface area contributed by atoms with Crippen molar-refractivity contribution in [1.82, 2.24) is 0 Å². The average molecular weight is 1110 g/mol. The number of hydrogen-bond acceptors (Lipinski definition) is 11. The fourth-order valence-corrected chi connectivity index (χ4v) is 8.90. The highest BCUT2D eigenvalue weighted by Crippen LogP contribution is 2.26. The summed E-state index contributed by atoms with van der Waals surface area (Å²) in [5.41, 5.74) is 0. The molecule has 0 aromatic heterocycles. The Balaban J connectivity index is 2.70. The molecule has 0 spiro atoms. The van der Waals surface area contributed by atoms with Crippen LogP contribution in [0.2, 0.25) is 0 Å². The number of carboxylic acids is 1. The van der Waals surface area contributed by atoms with Crippen LogP contribution in [0.25, 0.3) is 0 Å². The maximum absolute atomic E-state index is 13.2. The molecule has 0 saturated carbocycles. The Morgan fingerprint density at radius 3 is 1.23 bits per heavy atom. The van der Waals surface area contributed by atoms with E-state index in [2.05, 4.69) is 118 Å². The second-order valence-corrected chi connectivity index (χ2v) is 20.9. The first kappa shape index (κ1) is 72.7. The highest BCUT2D eigenvalue weighted by Gasteiger charge is 2.50. The van der Waals surface area contributed by atoms with E-state index >= 15 is 0 Å². The molecule has 1 saturated heterocycles. The lowest BCUT2D eigenvalue weighted by molar-refractivity contribution is -0.301. The lowest BCUT2D eigenvalue weighted by Gasteiger charge is -2.40. The van der Waals surface area contributed by atoms with Gasteiger partial charge in [0.2, 0.25) is 0 Å². The zero-order valence-corrected chi connectivity index (χ0v) is 49.6. The molecule has 1 aliphatic rings. The second kappa shape index (κ2) is 54.2. The number of ether oxygens (including phenoxy) is 5. The van der Waals surface area contributed by atoms with Crippen molar-refractivity contribution >= 4 is 23.9 Å². The first-order valence-electron chi connectivity index (χ1n) is 31.2. The highest BCUT2D eigenvalue weighted by molar-refractivity contribution is 5.74. The molecule has 6 unspecified atom stereocenters. The number of rotatable bonds is 52. The molecule has 0 aromatic carbocycles. The van der Waals surface area contributed by atoms with Gasteiger partial charge >= 0.3 is 23.9 Å². The fraction of sp³-hybridized carbons (Fsp3) is 0.701. The predicted octanol–water partition coefficient (Wildman–Crippen LogP) is 16.5. The van der Waals surface area contributed by atoms with Gasteiger partial charge in [0, 0.05) is 19.3 Å². The van der Waals surface area contributed by atoms with Crippen LogP contribution in [-0.4, -0.2) is 89.2 Å². The van der Waals surface area contributed by atoms with Gasteiger partial charge in [0.05, 0.1) is 6.61 Å². The van der Waals surface area contributed by atoms with Crippen molar-refractivity contribution in [2.45, 2.75) is 289 Å². The summed E-state index contributed by atoms with van der Waals surface area (Å²) in [6.45, 7) is 5.74. The lowest BCUT2D eigenvalue weighted by Crippen LogP contribution is -2.61. The first-order chi connectivity index (χ1) is 38.6. The monoisotopic (exact) mass is 1110 g/mol. The Kier molecular flexibility index (Phi) is 49.9. The molecule has 1 fully saturated rings. The van der Waals surface area contributed by atoms with Crippen molar-refractivity contribution in [2.24, 2.45) is 0 Å². The third-order valence-corrected chi connectivity index (χ3v) is 13.6. The van der Waals surface area contributed by atoms with Gasteiger partial charge < -0.3 is 39.0 Å². The summed E-state index contributed by atoms with van der Waals surface area (Å²) in [6.07, 6.45) is 59.4. The van der Waals surface area contributed by atoms with E-state index in [4.69, 9.17) is 23.7 Å². The third-order valence-electron chi connectivity index (χ3n) is 13.6. The molecule has 1 heterocycles. The molecule has 0 radical (unpaired) electrons. The van der Waals surface area contributed by atoms with Gasteiger partial charge in [0.25, 0.3) is 0 Å². The first-order valence-corrected chi connectivity index (χ1v) is 31.2. The Hall–Kier alpha value is -4.36. The molecule has 1 rings (SSSR count). The van der Waals surface area contributed by atoms with Crippen LogP contribution >= 0.6 is 0 Å². The Bertz CT molecular complexity index is 1740. The Morgan fingerprint density at radius 2 is 0.797 bits per heavy atom. The molecular formula is C67H110O12. The third kappa shape index (κ3) is 44.0. The van der Waals surface area contributed by atoms with E-state index in [0.29, 0.717) is 19.3 Å². The molecule has 0 amide bonds. The SMILES string of the molecule is CC/C=C\C/C=C\C/C=C\C/C=C\CCCCCCCCC(=O)OCC(COC1OC(C(=O)O)C(O)C(O)C1OC(=O)CCCCCCC/C=C\C/C=C\C/C=C\CC)OC(=O)CCCCCCC/C=C\CCCCCCCC. The number of esters is 3. The van der Waals surface area contributed by atoms with Crippen molar-refractivity contribution in [2.75, 3.05) is 13.2 Å². The molecule has 0 bridgehead atoms. The number of aliphatic hydroxyl groups excluding tert-OH is 2. The van der Waals surface area contributed by atoms with E-state index in [-0.39, 0.29) is 25.9 Å². The van der Waals surface area contributed by atoms with Crippen molar-refractivity contribution in [1.29, 1.82) is 0 Å². The summed E-state index contributed by atoms with van der Waals surface area (Å²) in [7, 11) is 0. The number of carbonyl (C=O) groups excluding carboxylic acids is 3. The van der Waals surface area contributed by atoms with Crippen LogP contribution in [0, 0.1) is 0 Å². The van der Waals surface area contributed by atoms with Crippen LogP contribution in [0.4, 0.5) is 0 Å². The number of hydrogen-bond donors (Lipinski definition) is 3. The summed E-state index contributed by atoms with van der Waals surface area (Å²) >= 11 is 0. The maximum atomic E-state index is 13.2. The number of carbonyl (C=O) groups is 4. The van der Waals surface area contributed by atoms with Gasteiger partial charge in [0.1, 0.15) is 18.8 Å². The van der Waals surface area contributed by atoms with Crippen LogP contribution in [0.3, 0.4) is 0 Å². The summed E-state index contributed by atoms with van der Waals surface area (Å²) in [5.74, 6) is -3.17. The molecule has 3 N–H and O–H groups in total. The van der Waals surface area contributed by atoms with Crippen LogP contribution in [0.1, 0.15) is 252 Å². The van der Waals surface area contributed by atoms with E-state index in [1.165, 1.54) is 38.5 Å². The van der Waals surface area contributed by atoms with Crippen molar-refractivity contribution in [3.63, 3.8) is 0 Å². The van der Waals surface area contributed by atoms with Gasteiger partial charge in [0.15, 0.2) is 24.6 Å². The molecule has 450 valence electrons. The van der Waals surface area contributed by atoms with E-state index in [1.807, 2.05) is 0 Å². The second-order valence-electron chi connectivity index (χ2n) is 20.9. The molecule has 12 heteroatoms. The molecule has 1 aliphatic heterocycles. The largest absolute Gasteiger partial charge is 0.479 e. The van der Waals surface area contributed by atoms with Crippen molar-refractivity contribution in [3.05, 3.63) is 97.2 Å². The Labute approximate surface area is 479 Å². The van der Waals surface area contributed by atoms with E-state index in [1.54, 1.807) is 0 Å². The smallest absolute Gasteiger partial charge is 0.335 e. The number of allylic oxidation sites excluding steroid dienone is 16. The molecule has 0 aliphatic carbocycles. The summed E-state index contributed by atoms with van der Waals surface area (Å²) in [5, 5.41) is 31.5. The predicted molar refractivity (Wildman–Crippen MR) is 321 cm³/mol. The van der Waals surface area contributed by atoms with Gasteiger partial charge in [-0.05, 0) is 116 Å². The standard InChI is InChI=1S/C67H110O12/c1-4-7-10-13-16-19-22-25-28-29-30-31-34-35-38-41-44-47-50-53-59(68)75-56-58(77-60(69)54-51-48-45-42-39-36-32-26-23-20-17-14-11-8-5-2)57-76-67-65(63(72)62(71)64(79-67)66(73)74)78-61(70)55-52-49-46-43-40-37-33-27-24-21-18-15-12-9-6-3/h7,9-10,12,16,18-19,21,25-28,30-33,58,62-65,67,71-72H,4-6,8,11,13-15,17,20,22-24,29,34-57H2,1-3H3,(H,73,74)/b10-7-,12-9-,19-16-,21-18-,28-25-,31-30-,32-26-,33-27-. The molecule has 79 heavy (non-hydrogen) atoms. The van der Waals surface area contributed by atoms with Crippen molar-refractivity contribution < 1.29 is 58.2 Å². The van der Waals surface area contributed by atoms with Crippen LogP contribution < -0.4 is 0 Å². The molecule has 0 aromatic rings. The number of aliphatic carboxylic acids is 1. The molecule has 12 nitrogen and oxygen atoms in total. The zero-order valence-electron chi connectivity index (χ0n) is 49.6. The lowest BCUT2D eigenvalue weighted by atomic mass is 9.98. The minimum Gasteiger partial charge on any atom is -0.479 e. The summed E-state index contributed by atoms with van der Waals surface area (Å²) in [4.78, 5) is 51.2. The van der Waals surface area contributed by atoms with Gasteiger partial charge in [-0.3, -0.25) is 14.4 Å². The van der Waals surface area contributed by atoms with E-state index in [9.17, 15) is 34.5 Å². The molecular weight excluding hydrogens is 997 g/mol.